The molecule has 0 aromatic carbocycles. The van der Waals surface area contributed by atoms with Gasteiger partial charge in [0.2, 0.25) is 0 Å². The van der Waals surface area contributed by atoms with Crippen LogP contribution in [0.2, 0.25) is 0 Å². The molecule has 28 heavy (non-hydrogen) atoms. The fourth-order valence-corrected chi connectivity index (χ4v) is 3.03. The third-order valence-electron chi connectivity index (χ3n) is 3.43. The molecule has 0 saturated carbocycles. The molecule has 0 radical (unpaired) electrons. The number of hydrogen-bond acceptors (Lipinski definition) is 5. The number of nitrogens with zero attached hydrogens (tertiary/aromatic N) is 3. The monoisotopic (exact) mass is 528 g/mol. The Bertz CT molecular complexity index is 750. The van der Waals surface area contributed by atoms with Crippen LogP contribution in [0.4, 0.5) is 19.0 Å². The van der Waals surface area contributed by atoms with Crippen LogP contribution in [0.25, 0.3) is 0 Å². The lowest BCUT2D eigenvalue weighted by atomic mass is 10.2. The van der Waals surface area contributed by atoms with Gasteiger partial charge in [0, 0.05) is 49.9 Å². The van der Waals surface area contributed by atoms with E-state index < -0.39 is 11.7 Å². The van der Waals surface area contributed by atoms with Crippen molar-refractivity contribution in [2.45, 2.75) is 26.4 Å². The molecule has 0 atom stereocenters. The Kier molecular flexibility index (Phi) is 10.5. The van der Waals surface area contributed by atoms with E-state index in [-0.39, 0.29) is 36.3 Å². The number of guanidine groups is 1. The van der Waals surface area contributed by atoms with Gasteiger partial charge in [-0.2, -0.15) is 13.2 Å². The molecule has 0 aliphatic carbocycles. The molecule has 2 heterocycles. The minimum Gasteiger partial charge on any atom is -0.368 e. The molecule has 11 heteroatoms. The molecule has 2 aromatic heterocycles. The third-order valence-corrected chi connectivity index (χ3v) is 4.40. The number of aliphatic imine (C=N–C) groups is 1. The number of thiazole rings is 1. The van der Waals surface area contributed by atoms with E-state index in [0.29, 0.717) is 25.6 Å². The summed E-state index contributed by atoms with van der Waals surface area (Å²) in [6.07, 6.45) is -0.521. The number of pyridine rings is 1. The second-order valence-electron chi connectivity index (χ2n) is 5.63. The second-order valence-corrected chi connectivity index (χ2v) is 6.95. The highest BCUT2D eigenvalue weighted by atomic mass is 127. The molecule has 0 amide bonds. The van der Waals surface area contributed by atoms with Gasteiger partial charge in [-0.3, -0.25) is 4.99 Å². The molecule has 0 aliphatic rings. The smallest absolute Gasteiger partial charge is 0.368 e. The number of aromatic nitrogens is 2. The van der Waals surface area contributed by atoms with E-state index in [1.807, 2.05) is 20.0 Å². The lowest BCUT2D eigenvalue weighted by Gasteiger charge is -2.14. The van der Waals surface area contributed by atoms with Gasteiger partial charge in [0.15, 0.2) is 5.96 Å². The molecule has 156 valence electrons. The molecule has 0 fully saturated rings. The minimum absolute atomic E-state index is 0. The average molecular weight is 528 g/mol. The van der Waals surface area contributed by atoms with Crippen molar-refractivity contribution in [1.82, 2.24) is 20.6 Å². The Morgan fingerprint density at radius 3 is 2.64 bits per heavy atom. The van der Waals surface area contributed by atoms with E-state index in [4.69, 9.17) is 0 Å². The maximum absolute atomic E-state index is 12.9. The van der Waals surface area contributed by atoms with E-state index in [1.54, 1.807) is 11.3 Å². The van der Waals surface area contributed by atoms with E-state index in [9.17, 15) is 13.2 Å². The lowest BCUT2D eigenvalue weighted by molar-refractivity contribution is -0.137. The quantitative estimate of drug-likeness (QED) is 0.211. The molecule has 2 aromatic rings. The largest absolute Gasteiger partial charge is 0.419 e. The van der Waals surface area contributed by atoms with E-state index in [2.05, 4.69) is 30.9 Å². The predicted molar refractivity (Wildman–Crippen MR) is 118 cm³/mol. The molecule has 2 rings (SSSR count). The standard InChI is InChI=1S/C17H23F3N6S.HI/c1-3-21-16(24-8-6-14-26-11-12(2)27-14)25-10-9-23-15-13(17(18,19)20)5-4-7-22-15;/h4-5,7,11H,3,6,8-10H2,1-2H3,(H,22,23)(H2,21,24,25);1H. The number of rotatable bonds is 8. The average Bonchev–Trinajstić information content (AvgIpc) is 3.03. The topological polar surface area (TPSA) is 74.2 Å². The van der Waals surface area contributed by atoms with Crippen LogP contribution >= 0.6 is 35.3 Å². The van der Waals surface area contributed by atoms with Crippen molar-refractivity contribution in [3.63, 3.8) is 0 Å². The highest BCUT2D eigenvalue weighted by Crippen LogP contribution is 2.33. The van der Waals surface area contributed by atoms with Crippen LogP contribution in [0.3, 0.4) is 0 Å². The fourth-order valence-electron chi connectivity index (χ4n) is 2.26. The summed E-state index contributed by atoms with van der Waals surface area (Å²) < 4.78 is 38.8. The van der Waals surface area contributed by atoms with Crippen molar-refractivity contribution in [1.29, 1.82) is 0 Å². The van der Waals surface area contributed by atoms with Gasteiger partial charge < -0.3 is 16.0 Å². The number of alkyl halides is 3. The SMILES string of the molecule is CCNC(=NCCc1ncc(C)s1)NCCNc1ncccc1C(F)(F)F.I. The normalized spacial score (nSPS) is 11.7. The Labute approximate surface area is 183 Å². The van der Waals surface area contributed by atoms with Crippen molar-refractivity contribution >= 4 is 47.1 Å². The predicted octanol–water partition coefficient (Wildman–Crippen LogP) is 3.69. The Morgan fingerprint density at radius 1 is 1.21 bits per heavy atom. The summed E-state index contributed by atoms with van der Waals surface area (Å²) in [7, 11) is 0. The molecule has 0 spiro atoms. The van der Waals surface area contributed by atoms with Gasteiger partial charge in [-0.05, 0) is 26.0 Å². The maximum atomic E-state index is 12.9. The van der Waals surface area contributed by atoms with E-state index in [1.165, 1.54) is 12.3 Å². The van der Waals surface area contributed by atoms with Gasteiger partial charge in [-0.25, -0.2) is 9.97 Å². The zero-order chi connectivity index (χ0) is 19.7. The summed E-state index contributed by atoms with van der Waals surface area (Å²) >= 11 is 1.65. The van der Waals surface area contributed by atoms with Gasteiger partial charge in [-0.1, -0.05) is 0 Å². The first-order chi connectivity index (χ1) is 12.9. The summed E-state index contributed by atoms with van der Waals surface area (Å²) in [5, 5.41) is 9.95. The van der Waals surface area contributed by atoms with Crippen LogP contribution in [0.5, 0.6) is 0 Å². The van der Waals surface area contributed by atoms with Crippen molar-refractivity contribution in [2.75, 3.05) is 31.5 Å². The van der Waals surface area contributed by atoms with Gasteiger partial charge in [0.25, 0.3) is 0 Å². The van der Waals surface area contributed by atoms with Crippen molar-refractivity contribution < 1.29 is 13.2 Å². The van der Waals surface area contributed by atoms with E-state index in [0.717, 1.165) is 22.4 Å². The number of aryl methyl sites for hydroxylation is 1. The summed E-state index contributed by atoms with van der Waals surface area (Å²) in [6.45, 7) is 5.90. The lowest BCUT2D eigenvalue weighted by Crippen LogP contribution is -2.39. The van der Waals surface area contributed by atoms with Crippen LogP contribution in [-0.2, 0) is 12.6 Å². The van der Waals surface area contributed by atoms with Crippen LogP contribution in [0.15, 0.2) is 29.5 Å². The zero-order valence-corrected chi connectivity index (χ0v) is 18.8. The number of hydrogen-bond donors (Lipinski definition) is 3. The van der Waals surface area contributed by atoms with Gasteiger partial charge in [-0.15, -0.1) is 35.3 Å². The van der Waals surface area contributed by atoms with Gasteiger partial charge >= 0.3 is 6.18 Å². The minimum atomic E-state index is -4.44. The van der Waals surface area contributed by atoms with Crippen LogP contribution in [0, 0.1) is 6.92 Å². The van der Waals surface area contributed by atoms with Crippen LogP contribution in [0.1, 0.15) is 22.4 Å². The second kappa shape index (κ2) is 12.0. The van der Waals surface area contributed by atoms with Gasteiger partial charge in [0.05, 0.1) is 10.6 Å². The molecule has 3 N–H and O–H groups in total. The molecular weight excluding hydrogens is 504 g/mol. The third kappa shape index (κ3) is 8.17. The zero-order valence-electron chi connectivity index (χ0n) is 15.6. The van der Waals surface area contributed by atoms with Crippen molar-refractivity contribution in [2.24, 2.45) is 4.99 Å². The molecule has 0 aliphatic heterocycles. The van der Waals surface area contributed by atoms with Crippen molar-refractivity contribution in [3.8, 4) is 0 Å². The summed E-state index contributed by atoms with van der Waals surface area (Å²) in [6, 6.07) is 2.28. The molecule has 0 bridgehead atoms. The Balaban J connectivity index is 0.00000392. The molecule has 0 saturated heterocycles. The first kappa shape index (κ1) is 24.4. The Hall–Kier alpha value is -1.63. The van der Waals surface area contributed by atoms with Crippen LogP contribution < -0.4 is 16.0 Å². The molecule has 0 unspecified atom stereocenters. The Morgan fingerprint density at radius 2 is 2.00 bits per heavy atom. The molecule has 6 nitrogen and oxygen atoms in total. The first-order valence-electron chi connectivity index (χ1n) is 8.59. The number of halogens is 4. The summed E-state index contributed by atoms with van der Waals surface area (Å²) in [5.74, 6) is 0.442. The highest BCUT2D eigenvalue weighted by molar-refractivity contribution is 14.0. The first-order valence-corrected chi connectivity index (χ1v) is 9.41. The van der Waals surface area contributed by atoms with Crippen LogP contribution in [-0.4, -0.2) is 42.1 Å². The summed E-state index contributed by atoms with van der Waals surface area (Å²) in [5.41, 5.74) is -0.774. The maximum Gasteiger partial charge on any atom is 0.419 e. The summed E-state index contributed by atoms with van der Waals surface area (Å²) in [4.78, 5) is 13.7. The number of anilines is 1. The highest BCUT2D eigenvalue weighted by Gasteiger charge is 2.33. The number of nitrogens with one attached hydrogen (secondary N) is 3. The fraction of sp³-hybridized carbons (Fsp3) is 0.471. The van der Waals surface area contributed by atoms with Gasteiger partial charge in [0.1, 0.15) is 5.82 Å². The molecular formula is C17H24F3IN6S. The van der Waals surface area contributed by atoms with E-state index >= 15 is 0 Å². The van der Waals surface area contributed by atoms with Crippen molar-refractivity contribution in [3.05, 3.63) is 40.0 Å².